The number of benzene rings is 3. The van der Waals surface area contributed by atoms with Crippen molar-refractivity contribution in [3.63, 3.8) is 0 Å². The minimum atomic E-state index is -0.177. The zero-order valence-corrected chi connectivity index (χ0v) is 18.3. The Morgan fingerprint density at radius 1 is 0.839 bits per heavy atom. The topological polar surface area (TPSA) is 53.2 Å². The lowest BCUT2D eigenvalue weighted by Crippen LogP contribution is -2.33. The summed E-state index contributed by atoms with van der Waals surface area (Å²) in [5.74, 6) is -0.117. The molecule has 0 aliphatic carbocycles. The van der Waals surface area contributed by atoms with Gasteiger partial charge in [-0.05, 0) is 74.5 Å². The molecule has 3 aromatic carbocycles. The maximum atomic E-state index is 13.7. The second-order valence-electron chi connectivity index (χ2n) is 8.21. The highest BCUT2D eigenvalue weighted by atomic mass is 16.2. The lowest BCUT2D eigenvalue weighted by Gasteiger charge is -2.25. The van der Waals surface area contributed by atoms with Crippen LogP contribution in [0.15, 0.2) is 71.5 Å². The summed E-state index contributed by atoms with van der Waals surface area (Å²) >= 11 is 0. The maximum absolute atomic E-state index is 13.7. The van der Waals surface area contributed by atoms with Crippen LogP contribution in [0.2, 0.25) is 0 Å². The van der Waals surface area contributed by atoms with Crippen molar-refractivity contribution in [3.05, 3.63) is 110 Å². The molecule has 0 saturated carbocycles. The molecule has 0 atom stereocenters. The fourth-order valence-corrected chi connectivity index (χ4v) is 3.99. The molecule has 0 aliphatic rings. The molecule has 4 nitrogen and oxygen atoms in total. The van der Waals surface area contributed by atoms with E-state index in [9.17, 15) is 9.59 Å². The Hall–Kier alpha value is -3.66. The summed E-state index contributed by atoms with van der Waals surface area (Å²) in [7, 11) is 0. The number of anilines is 1. The van der Waals surface area contributed by atoms with E-state index in [0.29, 0.717) is 11.1 Å². The van der Waals surface area contributed by atoms with Gasteiger partial charge in [-0.1, -0.05) is 47.5 Å². The van der Waals surface area contributed by atoms with Gasteiger partial charge in [0.1, 0.15) is 0 Å². The quantitative estimate of drug-likeness (QED) is 0.475. The van der Waals surface area contributed by atoms with Gasteiger partial charge in [-0.3, -0.25) is 9.59 Å². The third-order valence-electron chi connectivity index (χ3n) is 5.67. The van der Waals surface area contributed by atoms with Gasteiger partial charge in [0.25, 0.3) is 11.5 Å². The minimum absolute atomic E-state index is 0.117. The van der Waals surface area contributed by atoms with Crippen LogP contribution >= 0.6 is 0 Å². The third kappa shape index (κ3) is 4.15. The smallest absolute Gasteiger partial charge is 0.258 e. The normalized spacial score (nSPS) is 11.0. The Morgan fingerprint density at radius 3 is 2.29 bits per heavy atom. The van der Waals surface area contributed by atoms with E-state index in [2.05, 4.69) is 11.1 Å². The van der Waals surface area contributed by atoms with Crippen molar-refractivity contribution in [1.29, 1.82) is 0 Å². The maximum Gasteiger partial charge on any atom is 0.258 e. The van der Waals surface area contributed by atoms with Gasteiger partial charge in [-0.2, -0.15) is 0 Å². The van der Waals surface area contributed by atoms with E-state index in [1.54, 1.807) is 4.90 Å². The van der Waals surface area contributed by atoms with Gasteiger partial charge in [-0.15, -0.1) is 0 Å². The minimum Gasteiger partial charge on any atom is -0.322 e. The second-order valence-corrected chi connectivity index (χ2v) is 8.21. The number of hydrogen-bond donors (Lipinski definition) is 1. The van der Waals surface area contributed by atoms with Crippen LogP contribution in [0.1, 0.15) is 38.2 Å². The number of fused-ring (bicyclic) bond motifs is 1. The van der Waals surface area contributed by atoms with E-state index in [1.807, 2.05) is 88.4 Å². The van der Waals surface area contributed by atoms with Crippen molar-refractivity contribution < 1.29 is 4.79 Å². The summed E-state index contributed by atoms with van der Waals surface area (Å²) in [5.41, 5.74) is 6.76. The fraction of sp³-hybridized carbons (Fsp3) is 0.185. The summed E-state index contributed by atoms with van der Waals surface area (Å²) in [5, 5.41) is 0.957. The second kappa shape index (κ2) is 8.23. The van der Waals surface area contributed by atoms with E-state index < -0.39 is 0 Å². The molecule has 0 bridgehead atoms. The number of H-pyrrole nitrogens is 1. The Morgan fingerprint density at radius 2 is 1.55 bits per heavy atom. The number of amides is 1. The van der Waals surface area contributed by atoms with Crippen LogP contribution in [0.25, 0.3) is 10.9 Å². The number of pyridine rings is 1. The molecule has 4 heteroatoms. The Balaban J connectivity index is 1.84. The summed E-state index contributed by atoms with van der Waals surface area (Å²) < 4.78 is 0. The van der Waals surface area contributed by atoms with Gasteiger partial charge in [0.15, 0.2) is 0 Å². The average molecular weight is 411 g/mol. The first kappa shape index (κ1) is 20.6. The predicted molar refractivity (Wildman–Crippen MR) is 127 cm³/mol. The van der Waals surface area contributed by atoms with E-state index >= 15 is 0 Å². The van der Waals surface area contributed by atoms with Crippen LogP contribution < -0.4 is 10.5 Å². The van der Waals surface area contributed by atoms with E-state index in [0.717, 1.165) is 38.8 Å². The van der Waals surface area contributed by atoms with Crippen molar-refractivity contribution >= 4 is 22.5 Å². The number of aromatic nitrogens is 1. The first-order valence-electron chi connectivity index (χ1n) is 10.4. The number of aryl methyl sites for hydroxylation is 4. The Labute approximate surface area is 182 Å². The molecule has 156 valence electrons. The molecule has 4 aromatic rings. The number of nitrogens with one attached hydrogen (secondary N) is 1. The molecule has 0 spiro atoms. The zero-order chi connectivity index (χ0) is 22.1. The molecule has 0 saturated heterocycles. The van der Waals surface area contributed by atoms with E-state index in [-0.39, 0.29) is 18.0 Å². The summed E-state index contributed by atoms with van der Waals surface area (Å²) in [4.78, 5) is 31.2. The molecule has 31 heavy (non-hydrogen) atoms. The van der Waals surface area contributed by atoms with E-state index in [1.165, 1.54) is 0 Å². The molecule has 0 fully saturated rings. The Bertz CT molecular complexity index is 1350. The van der Waals surface area contributed by atoms with Gasteiger partial charge in [0.2, 0.25) is 0 Å². The van der Waals surface area contributed by atoms with Gasteiger partial charge in [-0.25, -0.2) is 0 Å². The lowest BCUT2D eigenvalue weighted by molar-refractivity contribution is 0.0984. The summed E-state index contributed by atoms with van der Waals surface area (Å²) in [6.45, 7) is 8.16. The van der Waals surface area contributed by atoms with Crippen LogP contribution in [0.4, 0.5) is 5.69 Å². The molecule has 1 amide bonds. The van der Waals surface area contributed by atoms with Crippen molar-refractivity contribution in [2.45, 2.75) is 34.2 Å². The summed E-state index contributed by atoms with van der Waals surface area (Å²) in [6.07, 6.45) is 0. The highest BCUT2D eigenvalue weighted by molar-refractivity contribution is 6.07. The number of carbonyl (C=O) groups excluding carboxylic acids is 1. The standard InChI is InChI=1S/C27H26N2O2/c1-17-10-12-25(20(4)13-17)29(27(31)23-8-6-5-7-19(23)3)16-22-15-21-14-18(2)9-11-24(21)28-26(22)30/h5-15H,16H2,1-4H3,(H,28,30). The van der Waals surface area contributed by atoms with Crippen molar-refractivity contribution in [2.75, 3.05) is 4.90 Å². The van der Waals surface area contributed by atoms with Crippen LogP contribution in [-0.2, 0) is 6.54 Å². The molecule has 0 unspecified atom stereocenters. The lowest BCUT2D eigenvalue weighted by atomic mass is 10.0. The zero-order valence-electron chi connectivity index (χ0n) is 18.3. The molecule has 0 radical (unpaired) electrons. The largest absolute Gasteiger partial charge is 0.322 e. The average Bonchev–Trinajstić information content (AvgIpc) is 2.73. The van der Waals surface area contributed by atoms with Crippen molar-refractivity contribution in [3.8, 4) is 0 Å². The molecule has 1 aromatic heterocycles. The molecule has 1 heterocycles. The first-order valence-corrected chi connectivity index (χ1v) is 10.4. The number of hydrogen-bond acceptors (Lipinski definition) is 2. The highest BCUT2D eigenvalue weighted by Gasteiger charge is 2.22. The van der Waals surface area contributed by atoms with Crippen LogP contribution in [0.5, 0.6) is 0 Å². The third-order valence-corrected chi connectivity index (χ3v) is 5.67. The fourth-order valence-electron chi connectivity index (χ4n) is 3.99. The molecule has 4 rings (SSSR count). The molecule has 1 N–H and O–H groups in total. The first-order chi connectivity index (χ1) is 14.8. The van der Waals surface area contributed by atoms with Crippen LogP contribution in [-0.4, -0.2) is 10.9 Å². The number of aromatic amines is 1. The predicted octanol–water partition coefficient (Wildman–Crippen LogP) is 5.61. The highest BCUT2D eigenvalue weighted by Crippen LogP contribution is 2.26. The van der Waals surface area contributed by atoms with Gasteiger partial charge in [0.05, 0.1) is 6.54 Å². The number of nitrogens with zero attached hydrogens (tertiary/aromatic N) is 1. The molecule has 0 aliphatic heterocycles. The molecular formula is C27H26N2O2. The summed E-state index contributed by atoms with van der Waals surface area (Å²) in [6, 6.07) is 21.4. The van der Waals surface area contributed by atoms with Crippen molar-refractivity contribution in [2.24, 2.45) is 0 Å². The number of rotatable bonds is 4. The van der Waals surface area contributed by atoms with Crippen LogP contribution in [0, 0.1) is 27.7 Å². The number of carbonyl (C=O) groups is 1. The van der Waals surface area contributed by atoms with Gasteiger partial charge >= 0.3 is 0 Å². The SMILES string of the molecule is Cc1ccc(N(Cc2cc3cc(C)ccc3[nH]c2=O)C(=O)c2ccccc2C)c(C)c1. The van der Waals surface area contributed by atoms with Crippen LogP contribution in [0.3, 0.4) is 0 Å². The van der Waals surface area contributed by atoms with Gasteiger partial charge < -0.3 is 9.88 Å². The van der Waals surface area contributed by atoms with Gasteiger partial charge in [0, 0.05) is 22.3 Å². The van der Waals surface area contributed by atoms with E-state index in [4.69, 9.17) is 0 Å². The monoisotopic (exact) mass is 410 g/mol. The Kier molecular flexibility index (Phi) is 5.47. The molecular weight excluding hydrogens is 384 g/mol. The van der Waals surface area contributed by atoms with Crippen molar-refractivity contribution in [1.82, 2.24) is 4.98 Å².